The van der Waals surface area contributed by atoms with Crippen molar-refractivity contribution in [3.05, 3.63) is 42.5 Å². The van der Waals surface area contributed by atoms with E-state index in [1.165, 1.54) is 0 Å². The first-order chi connectivity index (χ1) is 7.05. The van der Waals surface area contributed by atoms with E-state index < -0.39 is 4.81 Å². The predicted octanol–water partition coefficient (Wildman–Crippen LogP) is 2.71. The van der Waals surface area contributed by atoms with Crippen LogP contribution in [0.25, 0.3) is 5.57 Å². The molecule has 0 radical (unpaired) electrons. The van der Waals surface area contributed by atoms with Crippen LogP contribution >= 0.6 is 0 Å². The van der Waals surface area contributed by atoms with Crippen LogP contribution in [-0.4, -0.2) is 28.3 Å². The molecule has 0 unspecified atom stereocenters. The zero-order valence-corrected chi connectivity index (χ0v) is 9.06. The van der Waals surface area contributed by atoms with E-state index in [4.69, 9.17) is 0 Å². The molecule has 0 saturated carbocycles. The number of hydroxylamine groups is 4. The van der Waals surface area contributed by atoms with Crippen molar-refractivity contribution < 1.29 is 15.2 Å². The molecule has 1 aromatic carbocycles. The highest BCUT2D eigenvalue weighted by Crippen LogP contribution is 2.15. The van der Waals surface area contributed by atoms with Gasteiger partial charge < -0.3 is 0 Å². The summed E-state index contributed by atoms with van der Waals surface area (Å²) < 4.78 is 0. The summed E-state index contributed by atoms with van der Waals surface area (Å²) in [6, 6.07) is 9.55. The summed E-state index contributed by atoms with van der Waals surface area (Å²) in [6.07, 6.45) is 0.717. The molecule has 0 spiro atoms. The molecule has 0 atom stereocenters. The summed E-state index contributed by atoms with van der Waals surface area (Å²) in [5.74, 6) is 0. The van der Waals surface area contributed by atoms with Gasteiger partial charge in [0.15, 0.2) is 6.54 Å². The van der Waals surface area contributed by atoms with Gasteiger partial charge in [0.25, 0.3) is 0 Å². The quantitative estimate of drug-likeness (QED) is 0.577. The molecule has 0 aliphatic heterocycles. The van der Waals surface area contributed by atoms with Crippen LogP contribution < -0.4 is 0 Å². The fraction of sp³-hybridized carbons (Fsp3) is 0.333. The second kappa shape index (κ2) is 5.07. The van der Waals surface area contributed by atoms with Gasteiger partial charge in [-0.2, -0.15) is 10.4 Å². The van der Waals surface area contributed by atoms with Crippen LogP contribution in [0.15, 0.2) is 36.9 Å². The Bertz CT molecular complexity index is 320. The number of benzene rings is 1. The second-order valence-electron chi connectivity index (χ2n) is 3.73. The number of hydrogen-bond donors (Lipinski definition) is 2. The molecule has 0 aliphatic carbocycles. The Morgan fingerprint density at radius 1 is 1.27 bits per heavy atom. The molecule has 3 heteroatoms. The maximum Gasteiger partial charge on any atom is 0.167 e. The van der Waals surface area contributed by atoms with Gasteiger partial charge in [-0.25, -0.2) is 0 Å². The molecular weight excluding hydrogens is 190 g/mol. The van der Waals surface area contributed by atoms with E-state index in [0.717, 1.165) is 17.6 Å². The van der Waals surface area contributed by atoms with E-state index >= 15 is 0 Å². The maximum atomic E-state index is 9.58. The smallest absolute Gasteiger partial charge is 0.167 e. The van der Waals surface area contributed by atoms with Crippen LogP contribution in [0, 0.1) is 0 Å². The highest BCUT2D eigenvalue weighted by molar-refractivity contribution is 5.63. The standard InChI is InChI=1S/C12H18NO2/c1-3-9-13(14,15)10-11(2)12-7-5-4-6-8-12/h4-8,14-15H,2-3,9-10H2,1H3/q+1. The first-order valence-corrected chi connectivity index (χ1v) is 5.11. The lowest BCUT2D eigenvalue weighted by atomic mass is 10.1. The van der Waals surface area contributed by atoms with Crippen LogP contribution in [-0.2, 0) is 0 Å². The molecule has 0 saturated heterocycles. The molecule has 0 fully saturated rings. The second-order valence-corrected chi connectivity index (χ2v) is 3.73. The van der Waals surface area contributed by atoms with Crippen LogP contribution in [0.5, 0.6) is 0 Å². The normalized spacial score (nSPS) is 11.4. The number of nitrogens with zero attached hydrogens (tertiary/aromatic N) is 1. The summed E-state index contributed by atoms with van der Waals surface area (Å²) in [7, 11) is 0. The monoisotopic (exact) mass is 208 g/mol. The van der Waals surface area contributed by atoms with Crippen molar-refractivity contribution in [3.63, 3.8) is 0 Å². The first-order valence-electron chi connectivity index (χ1n) is 5.11. The van der Waals surface area contributed by atoms with Crippen LogP contribution in [0.1, 0.15) is 18.9 Å². The molecule has 0 bridgehead atoms. The van der Waals surface area contributed by atoms with E-state index in [-0.39, 0.29) is 6.54 Å². The molecule has 2 N–H and O–H groups in total. The summed E-state index contributed by atoms with van der Waals surface area (Å²) in [4.78, 5) is -0.982. The van der Waals surface area contributed by atoms with Gasteiger partial charge in [0, 0.05) is 5.57 Å². The van der Waals surface area contributed by atoms with Gasteiger partial charge in [-0.15, -0.1) is 0 Å². The molecule has 0 aliphatic rings. The Kier molecular flexibility index (Phi) is 4.03. The third kappa shape index (κ3) is 3.83. The zero-order valence-electron chi connectivity index (χ0n) is 9.06. The number of hydrogen-bond acceptors (Lipinski definition) is 2. The molecule has 0 amide bonds. The minimum atomic E-state index is -0.982. The highest BCUT2D eigenvalue weighted by atomic mass is 16.8. The Labute approximate surface area is 90.4 Å². The fourth-order valence-corrected chi connectivity index (χ4v) is 1.51. The molecule has 0 aromatic heterocycles. The molecule has 3 nitrogen and oxygen atoms in total. The third-order valence-electron chi connectivity index (χ3n) is 2.21. The molecular formula is C12H18NO2+. The fourth-order valence-electron chi connectivity index (χ4n) is 1.51. The van der Waals surface area contributed by atoms with Gasteiger partial charge >= 0.3 is 0 Å². The lowest BCUT2D eigenvalue weighted by molar-refractivity contribution is -1.24. The lowest BCUT2D eigenvalue weighted by Crippen LogP contribution is -2.42. The summed E-state index contributed by atoms with van der Waals surface area (Å²) in [6.45, 7) is 6.21. The lowest BCUT2D eigenvalue weighted by Gasteiger charge is -2.21. The van der Waals surface area contributed by atoms with E-state index in [0.29, 0.717) is 6.54 Å². The minimum absolute atomic E-state index is 0.137. The Morgan fingerprint density at radius 3 is 2.40 bits per heavy atom. The van der Waals surface area contributed by atoms with E-state index in [1.807, 2.05) is 37.3 Å². The van der Waals surface area contributed by atoms with Crippen molar-refractivity contribution in [2.45, 2.75) is 13.3 Å². The van der Waals surface area contributed by atoms with Crippen molar-refractivity contribution in [1.82, 2.24) is 0 Å². The van der Waals surface area contributed by atoms with Crippen molar-refractivity contribution >= 4 is 5.57 Å². The maximum absolute atomic E-state index is 9.58. The highest BCUT2D eigenvalue weighted by Gasteiger charge is 2.22. The van der Waals surface area contributed by atoms with Gasteiger partial charge in [0.05, 0.1) is 0 Å². The minimum Gasteiger partial charge on any atom is -0.182 e. The van der Waals surface area contributed by atoms with Gasteiger partial charge in [0.1, 0.15) is 6.54 Å². The van der Waals surface area contributed by atoms with Crippen molar-refractivity contribution in [2.24, 2.45) is 0 Å². The molecule has 1 aromatic rings. The van der Waals surface area contributed by atoms with Crippen LogP contribution in [0.4, 0.5) is 0 Å². The van der Waals surface area contributed by atoms with Crippen LogP contribution in [0.3, 0.4) is 0 Å². The average Bonchev–Trinajstić information content (AvgIpc) is 2.18. The number of rotatable bonds is 5. The largest absolute Gasteiger partial charge is 0.182 e. The van der Waals surface area contributed by atoms with Crippen molar-refractivity contribution in [2.75, 3.05) is 13.1 Å². The third-order valence-corrected chi connectivity index (χ3v) is 2.21. The van der Waals surface area contributed by atoms with Crippen molar-refractivity contribution in [1.29, 1.82) is 0 Å². The zero-order chi connectivity index (χ0) is 11.3. The predicted molar refractivity (Wildman–Crippen MR) is 59.3 cm³/mol. The molecule has 82 valence electrons. The van der Waals surface area contributed by atoms with Gasteiger partial charge in [-0.1, -0.05) is 43.8 Å². The molecule has 15 heavy (non-hydrogen) atoms. The first kappa shape index (κ1) is 11.9. The summed E-state index contributed by atoms with van der Waals surface area (Å²) in [5.41, 5.74) is 1.67. The topological polar surface area (TPSA) is 40.5 Å². The Morgan fingerprint density at radius 2 is 1.87 bits per heavy atom. The molecule has 0 heterocycles. The summed E-state index contributed by atoms with van der Waals surface area (Å²) >= 11 is 0. The van der Waals surface area contributed by atoms with Gasteiger partial charge in [-0.05, 0) is 16.8 Å². The Balaban J connectivity index is 2.64. The Hall–Kier alpha value is -1.16. The average molecular weight is 208 g/mol. The van der Waals surface area contributed by atoms with Crippen molar-refractivity contribution in [3.8, 4) is 0 Å². The van der Waals surface area contributed by atoms with E-state index in [2.05, 4.69) is 6.58 Å². The van der Waals surface area contributed by atoms with E-state index in [9.17, 15) is 10.4 Å². The van der Waals surface area contributed by atoms with E-state index in [1.54, 1.807) is 0 Å². The van der Waals surface area contributed by atoms with Crippen LogP contribution in [0.2, 0.25) is 0 Å². The summed E-state index contributed by atoms with van der Waals surface area (Å²) in [5, 5.41) is 19.2. The van der Waals surface area contributed by atoms with Gasteiger partial charge in [0.2, 0.25) is 0 Å². The van der Waals surface area contributed by atoms with Gasteiger partial charge in [-0.3, -0.25) is 0 Å². The molecule has 1 rings (SSSR count). The SMILES string of the molecule is C=C(C[N+](O)(O)CCC)c1ccccc1. The number of quaternary nitrogens is 1.